The molecule has 1 aromatic heterocycles. The highest BCUT2D eigenvalue weighted by atomic mass is 15.2. The number of benzene rings is 1. The maximum atomic E-state index is 9.30. The summed E-state index contributed by atoms with van der Waals surface area (Å²) in [6, 6.07) is 8.57. The first-order valence-corrected chi connectivity index (χ1v) is 6.82. The normalized spacial score (nSPS) is 12.8. The average molecular weight is 264 g/mol. The Hall–Kier alpha value is -2.41. The van der Waals surface area contributed by atoms with Crippen molar-refractivity contribution in [3.05, 3.63) is 46.1 Å². The van der Waals surface area contributed by atoms with Gasteiger partial charge in [0.05, 0.1) is 5.69 Å². The van der Waals surface area contributed by atoms with Gasteiger partial charge in [0.15, 0.2) is 5.82 Å². The highest BCUT2D eigenvalue weighted by Crippen LogP contribution is 2.27. The van der Waals surface area contributed by atoms with Crippen LogP contribution in [0.5, 0.6) is 0 Å². The zero-order valence-corrected chi connectivity index (χ0v) is 11.7. The molecule has 1 aliphatic rings. The number of nitrogens with one attached hydrogen (secondary N) is 1. The first-order chi connectivity index (χ1) is 9.69. The second kappa shape index (κ2) is 4.93. The number of fused-ring (bicyclic) bond motifs is 1. The van der Waals surface area contributed by atoms with Crippen molar-refractivity contribution in [1.82, 2.24) is 10.2 Å². The van der Waals surface area contributed by atoms with Crippen LogP contribution in [-0.2, 0) is 12.8 Å². The molecule has 0 bridgehead atoms. The Morgan fingerprint density at radius 2 is 1.95 bits per heavy atom. The fraction of sp³-hybridized carbons (Fsp3) is 0.312. The van der Waals surface area contributed by atoms with Gasteiger partial charge in [-0.2, -0.15) is 10.4 Å². The fourth-order valence-corrected chi connectivity index (χ4v) is 2.62. The van der Waals surface area contributed by atoms with Gasteiger partial charge >= 0.3 is 0 Å². The molecule has 0 radical (unpaired) electrons. The number of anilines is 2. The first kappa shape index (κ1) is 12.6. The van der Waals surface area contributed by atoms with E-state index < -0.39 is 0 Å². The predicted molar refractivity (Wildman–Crippen MR) is 78.0 cm³/mol. The van der Waals surface area contributed by atoms with Crippen molar-refractivity contribution in [2.24, 2.45) is 0 Å². The summed E-state index contributed by atoms with van der Waals surface area (Å²) in [6.07, 6.45) is 3.53. The van der Waals surface area contributed by atoms with Crippen LogP contribution in [0.3, 0.4) is 0 Å². The van der Waals surface area contributed by atoms with Gasteiger partial charge in [-0.1, -0.05) is 6.07 Å². The van der Waals surface area contributed by atoms with Gasteiger partial charge in [0.25, 0.3) is 0 Å². The SMILES string of the molecule is Cc1nnc(Nc2ccc3c(c2)CCC3)c(C#N)c1C. The first-order valence-electron chi connectivity index (χ1n) is 6.82. The standard InChI is InChI=1S/C16H16N4/c1-10-11(2)19-20-16(15(10)9-17)18-14-7-6-12-4-3-5-13(12)8-14/h6-8H,3-5H2,1-2H3,(H,18,20). The molecule has 0 amide bonds. The van der Waals surface area contributed by atoms with Gasteiger partial charge < -0.3 is 5.32 Å². The number of hydrogen-bond donors (Lipinski definition) is 1. The van der Waals surface area contributed by atoms with Crippen molar-refractivity contribution in [3.8, 4) is 6.07 Å². The van der Waals surface area contributed by atoms with Crippen LogP contribution in [0.25, 0.3) is 0 Å². The van der Waals surface area contributed by atoms with Crippen LogP contribution in [0, 0.1) is 25.2 Å². The smallest absolute Gasteiger partial charge is 0.171 e. The van der Waals surface area contributed by atoms with Crippen molar-refractivity contribution >= 4 is 11.5 Å². The second-order valence-electron chi connectivity index (χ2n) is 5.21. The Bertz CT molecular complexity index is 713. The lowest BCUT2D eigenvalue weighted by Crippen LogP contribution is -2.03. The fourth-order valence-electron chi connectivity index (χ4n) is 2.62. The van der Waals surface area contributed by atoms with Crippen molar-refractivity contribution in [3.63, 3.8) is 0 Å². The number of aryl methyl sites for hydroxylation is 3. The van der Waals surface area contributed by atoms with Gasteiger partial charge in [-0.3, -0.25) is 0 Å². The third kappa shape index (κ3) is 2.12. The predicted octanol–water partition coefficient (Wildman–Crippen LogP) is 3.20. The maximum absolute atomic E-state index is 9.30. The second-order valence-corrected chi connectivity index (χ2v) is 5.21. The minimum atomic E-state index is 0.536. The molecular formula is C16H16N4. The third-order valence-electron chi connectivity index (χ3n) is 3.93. The van der Waals surface area contributed by atoms with E-state index in [0.717, 1.165) is 23.4 Å². The van der Waals surface area contributed by atoms with Crippen LogP contribution < -0.4 is 5.32 Å². The van der Waals surface area contributed by atoms with E-state index in [2.05, 4.69) is 33.7 Å². The molecule has 1 aromatic carbocycles. The summed E-state index contributed by atoms with van der Waals surface area (Å²) in [6.45, 7) is 3.76. The van der Waals surface area contributed by atoms with E-state index in [9.17, 15) is 5.26 Å². The number of rotatable bonds is 2. The van der Waals surface area contributed by atoms with Crippen LogP contribution in [-0.4, -0.2) is 10.2 Å². The number of hydrogen-bond acceptors (Lipinski definition) is 4. The molecule has 0 aliphatic heterocycles. The van der Waals surface area contributed by atoms with Gasteiger partial charge in [0, 0.05) is 5.69 Å². The molecule has 1 heterocycles. The highest BCUT2D eigenvalue weighted by molar-refractivity contribution is 5.65. The maximum Gasteiger partial charge on any atom is 0.171 e. The Morgan fingerprint density at radius 3 is 2.75 bits per heavy atom. The molecule has 1 aliphatic carbocycles. The molecule has 2 aromatic rings. The summed E-state index contributed by atoms with van der Waals surface area (Å²) in [5.74, 6) is 0.536. The summed E-state index contributed by atoms with van der Waals surface area (Å²) < 4.78 is 0. The zero-order chi connectivity index (χ0) is 14.1. The van der Waals surface area contributed by atoms with E-state index in [1.165, 1.54) is 24.0 Å². The van der Waals surface area contributed by atoms with Crippen LogP contribution in [0.2, 0.25) is 0 Å². The molecule has 0 unspecified atom stereocenters. The molecule has 20 heavy (non-hydrogen) atoms. The Kier molecular flexibility index (Phi) is 3.11. The molecule has 0 fully saturated rings. The number of nitrogens with zero attached hydrogens (tertiary/aromatic N) is 3. The summed E-state index contributed by atoms with van der Waals surface area (Å²) in [5, 5.41) is 20.7. The molecule has 0 atom stereocenters. The van der Waals surface area contributed by atoms with Gasteiger partial charge in [-0.25, -0.2) is 0 Å². The van der Waals surface area contributed by atoms with E-state index in [1.54, 1.807) is 0 Å². The minimum Gasteiger partial charge on any atom is -0.338 e. The van der Waals surface area contributed by atoms with Gasteiger partial charge in [-0.15, -0.1) is 5.10 Å². The van der Waals surface area contributed by atoms with E-state index in [-0.39, 0.29) is 0 Å². The van der Waals surface area contributed by atoms with E-state index in [1.807, 2.05) is 19.9 Å². The monoisotopic (exact) mass is 264 g/mol. The Balaban J connectivity index is 1.96. The molecular weight excluding hydrogens is 248 g/mol. The lowest BCUT2D eigenvalue weighted by atomic mass is 10.1. The lowest BCUT2D eigenvalue weighted by molar-refractivity contribution is 0.912. The lowest BCUT2D eigenvalue weighted by Gasteiger charge is -2.10. The molecule has 0 spiro atoms. The van der Waals surface area contributed by atoms with E-state index in [4.69, 9.17) is 0 Å². The van der Waals surface area contributed by atoms with Crippen LogP contribution in [0.1, 0.15) is 34.4 Å². The molecule has 3 rings (SSSR count). The molecule has 0 saturated carbocycles. The van der Waals surface area contributed by atoms with E-state index in [0.29, 0.717) is 11.4 Å². The third-order valence-corrected chi connectivity index (χ3v) is 3.93. The summed E-state index contributed by atoms with van der Waals surface area (Å²) in [4.78, 5) is 0. The topological polar surface area (TPSA) is 61.6 Å². The van der Waals surface area contributed by atoms with Gasteiger partial charge in [0.1, 0.15) is 11.6 Å². The molecule has 0 saturated heterocycles. The molecule has 4 nitrogen and oxygen atoms in total. The average Bonchev–Trinajstić information content (AvgIpc) is 2.91. The zero-order valence-electron chi connectivity index (χ0n) is 11.7. The minimum absolute atomic E-state index is 0.536. The van der Waals surface area contributed by atoms with Crippen LogP contribution in [0.15, 0.2) is 18.2 Å². The Labute approximate surface area is 118 Å². The van der Waals surface area contributed by atoms with Gasteiger partial charge in [-0.05, 0) is 61.9 Å². The van der Waals surface area contributed by atoms with Crippen molar-refractivity contribution < 1.29 is 0 Å². The summed E-state index contributed by atoms with van der Waals surface area (Å²) >= 11 is 0. The van der Waals surface area contributed by atoms with Crippen LogP contribution in [0.4, 0.5) is 11.5 Å². The molecule has 100 valence electrons. The summed E-state index contributed by atoms with van der Waals surface area (Å²) in [7, 11) is 0. The van der Waals surface area contributed by atoms with Crippen molar-refractivity contribution in [2.45, 2.75) is 33.1 Å². The van der Waals surface area contributed by atoms with Gasteiger partial charge in [0.2, 0.25) is 0 Å². The molecule has 1 N–H and O–H groups in total. The molecule has 4 heteroatoms. The number of aromatic nitrogens is 2. The van der Waals surface area contributed by atoms with Crippen LogP contribution >= 0.6 is 0 Å². The highest BCUT2D eigenvalue weighted by Gasteiger charge is 2.13. The summed E-state index contributed by atoms with van der Waals surface area (Å²) in [5.41, 5.74) is 6.04. The Morgan fingerprint density at radius 1 is 1.15 bits per heavy atom. The quantitative estimate of drug-likeness (QED) is 0.904. The largest absolute Gasteiger partial charge is 0.338 e. The van der Waals surface area contributed by atoms with Crippen molar-refractivity contribution in [2.75, 3.05) is 5.32 Å². The number of nitriles is 1. The van der Waals surface area contributed by atoms with Crippen molar-refractivity contribution in [1.29, 1.82) is 5.26 Å². The van der Waals surface area contributed by atoms with E-state index >= 15 is 0 Å².